The first-order valence-corrected chi connectivity index (χ1v) is 4.46. The predicted molar refractivity (Wildman–Crippen MR) is 51.7 cm³/mol. The Kier molecular flexibility index (Phi) is 3.23. The summed E-state index contributed by atoms with van der Waals surface area (Å²) in [5.74, 6) is -1.18. The molecule has 1 aromatic rings. The lowest BCUT2D eigenvalue weighted by Gasteiger charge is -2.04. The average molecular weight is 256 g/mol. The summed E-state index contributed by atoms with van der Waals surface area (Å²) in [6.07, 6.45) is 0. The highest BCUT2D eigenvalue weighted by Gasteiger charge is 2.14. The summed E-state index contributed by atoms with van der Waals surface area (Å²) in [5, 5.41) is 26.4. The molecular weight excluding hydrogens is 250 g/mol. The van der Waals surface area contributed by atoms with Crippen LogP contribution in [-0.2, 0) is 6.61 Å². The first kappa shape index (κ1) is 10.7. The van der Waals surface area contributed by atoms with Gasteiger partial charge in [0.25, 0.3) is 0 Å². The van der Waals surface area contributed by atoms with Crippen LogP contribution in [0, 0.1) is 11.3 Å². The Morgan fingerprint density at radius 3 is 2.64 bits per heavy atom. The lowest BCUT2D eigenvalue weighted by atomic mass is 10.0. The zero-order valence-corrected chi connectivity index (χ0v) is 8.58. The molecule has 5 heteroatoms. The smallest absolute Gasteiger partial charge is 0.337 e. The van der Waals surface area contributed by atoms with Gasteiger partial charge in [0.05, 0.1) is 17.7 Å². The van der Waals surface area contributed by atoms with E-state index in [0.717, 1.165) is 0 Å². The van der Waals surface area contributed by atoms with E-state index in [-0.39, 0.29) is 17.7 Å². The Morgan fingerprint density at radius 1 is 1.57 bits per heavy atom. The van der Waals surface area contributed by atoms with E-state index in [1.165, 1.54) is 12.1 Å². The van der Waals surface area contributed by atoms with Crippen LogP contribution in [-0.4, -0.2) is 16.2 Å². The van der Waals surface area contributed by atoms with E-state index in [0.29, 0.717) is 10.0 Å². The molecule has 0 saturated carbocycles. The van der Waals surface area contributed by atoms with Crippen molar-refractivity contribution in [1.29, 1.82) is 5.26 Å². The summed E-state index contributed by atoms with van der Waals surface area (Å²) in [6, 6.07) is 4.61. The number of halogens is 1. The van der Waals surface area contributed by atoms with Gasteiger partial charge in [-0.2, -0.15) is 5.26 Å². The fraction of sp³-hybridized carbons (Fsp3) is 0.111. The third-order valence-corrected chi connectivity index (χ3v) is 2.16. The molecule has 0 aliphatic rings. The zero-order valence-electron chi connectivity index (χ0n) is 6.99. The zero-order chi connectivity index (χ0) is 10.7. The number of benzene rings is 1. The second-order valence-corrected chi connectivity index (χ2v) is 3.48. The van der Waals surface area contributed by atoms with E-state index in [1.807, 2.05) is 0 Å². The Bertz CT molecular complexity index is 423. The molecule has 1 rings (SSSR count). The second-order valence-electron chi connectivity index (χ2n) is 2.56. The van der Waals surface area contributed by atoms with Crippen LogP contribution in [0.1, 0.15) is 21.5 Å². The number of hydrogen-bond donors (Lipinski definition) is 2. The van der Waals surface area contributed by atoms with Crippen LogP contribution >= 0.6 is 15.9 Å². The highest BCUT2D eigenvalue weighted by molar-refractivity contribution is 9.10. The summed E-state index contributed by atoms with van der Waals surface area (Å²) < 4.78 is 0.526. The first-order valence-electron chi connectivity index (χ1n) is 3.66. The number of aromatic carboxylic acids is 1. The highest BCUT2D eigenvalue weighted by atomic mass is 79.9. The number of nitrogens with zero attached hydrogens (tertiary/aromatic N) is 1. The fourth-order valence-electron chi connectivity index (χ4n) is 1.09. The van der Waals surface area contributed by atoms with Crippen molar-refractivity contribution < 1.29 is 15.0 Å². The van der Waals surface area contributed by atoms with Crippen molar-refractivity contribution in [3.05, 3.63) is 33.3 Å². The van der Waals surface area contributed by atoms with Crippen LogP contribution < -0.4 is 0 Å². The topological polar surface area (TPSA) is 81.3 Å². The molecule has 0 heterocycles. The summed E-state index contributed by atoms with van der Waals surface area (Å²) in [4.78, 5) is 10.7. The van der Waals surface area contributed by atoms with E-state index in [1.54, 1.807) is 6.07 Å². The van der Waals surface area contributed by atoms with Gasteiger partial charge in [0.1, 0.15) is 6.07 Å². The SMILES string of the molecule is N#Cc1c(CO)cc(Br)cc1C(=O)O. The lowest BCUT2D eigenvalue weighted by Crippen LogP contribution is -2.03. The number of carboxylic acid groups (broad SMARTS) is 1. The average Bonchev–Trinajstić information content (AvgIpc) is 2.16. The fourth-order valence-corrected chi connectivity index (χ4v) is 1.59. The highest BCUT2D eigenvalue weighted by Crippen LogP contribution is 2.21. The van der Waals surface area contributed by atoms with Gasteiger partial charge in [0.15, 0.2) is 0 Å². The molecule has 1 aromatic carbocycles. The van der Waals surface area contributed by atoms with Gasteiger partial charge in [-0.25, -0.2) is 4.79 Å². The minimum absolute atomic E-state index is 0.00296. The molecule has 0 aromatic heterocycles. The van der Waals surface area contributed by atoms with Crippen molar-refractivity contribution in [3.63, 3.8) is 0 Å². The number of nitriles is 1. The van der Waals surface area contributed by atoms with Gasteiger partial charge in [0, 0.05) is 4.47 Å². The van der Waals surface area contributed by atoms with Gasteiger partial charge >= 0.3 is 5.97 Å². The molecule has 0 spiro atoms. The van der Waals surface area contributed by atoms with Crippen LogP contribution in [0.2, 0.25) is 0 Å². The molecule has 0 saturated heterocycles. The largest absolute Gasteiger partial charge is 0.478 e. The Hall–Kier alpha value is -1.38. The van der Waals surface area contributed by atoms with E-state index >= 15 is 0 Å². The standard InChI is InChI=1S/C9H6BrNO3/c10-6-1-5(4-12)8(3-11)7(2-6)9(13)14/h1-2,12H,4H2,(H,13,14). The molecule has 72 valence electrons. The second kappa shape index (κ2) is 4.22. The van der Waals surface area contributed by atoms with Crippen molar-refractivity contribution >= 4 is 21.9 Å². The van der Waals surface area contributed by atoms with Gasteiger partial charge < -0.3 is 10.2 Å². The normalized spacial score (nSPS) is 9.50. The molecule has 0 atom stereocenters. The summed E-state index contributed by atoms with van der Waals surface area (Å²) >= 11 is 3.10. The van der Waals surface area contributed by atoms with Crippen LogP contribution in [0.5, 0.6) is 0 Å². The van der Waals surface area contributed by atoms with E-state index in [2.05, 4.69) is 15.9 Å². The minimum atomic E-state index is -1.18. The molecule has 0 amide bonds. The Morgan fingerprint density at radius 2 is 2.21 bits per heavy atom. The molecule has 0 bridgehead atoms. The number of rotatable bonds is 2. The van der Waals surface area contributed by atoms with Gasteiger partial charge in [-0.1, -0.05) is 15.9 Å². The van der Waals surface area contributed by atoms with Gasteiger partial charge in [-0.15, -0.1) is 0 Å². The summed E-state index contributed by atoms with van der Waals surface area (Å²) in [7, 11) is 0. The quantitative estimate of drug-likeness (QED) is 0.840. The minimum Gasteiger partial charge on any atom is -0.478 e. The monoisotopic (exact) mass is 255 g/mol. The van der Waals surface area contributed by atoms with Crippen LogP contribution in [0.15, 0.2) is 16.6 Å². The molecular formula is C9H6BrNO3. The predicted octanol–water partition coefficient (Wildman–Crippen LogP) is 1.51. The van der Waals surface area contributed by atoms with Gasteiger partial charge in [-0.05, 0) is 17.7 Å². The van der Waals surface area contributed by atoms with Gasteiger partial charge in [-0.3, -0.25) is 0 Å². The number of hydrogen-bond acceptors (Lipinski definition) is 3. The van der Waals surface area contributed by atoms with Crippen molar-refractivity contribution in [2.45, 2.75) is 6.61 Å². The molecule has 14 heavy (non-hydrogen) atoms. The number of aliphatic hydroxyl groups excluding tert-OH is 1. The molecule has 0 unspecified atom stereocenters. The third-order valence-electron chi connectivity index (χ3n) is 1.70. The third kappa shape index (κ3) is 1.92. The van der Waals surface area contributed by atoms with Crippen molar-refractivity contribution in [2.75, 3.05) is 0 Å². The molecule has 0 aliphatic carbocycles. The summed E-state index contributed by atoms with van der Waals surface area (Å²) in [5.41, 5.74) is 0.202. The molecule has 2 N–H and O–H groups in total. The number of aliphatic hydroxyl groups is 1. The Labute approximate surface area is 88.5 Å². The molecule has 4 nitrogen and oxygen atoms in total. The molecule has 0 aliphatic heterocycles. The lowest BCUT2D eigenvalue weighted by molar-refractivity contribution is 0.0696. The van der Waals surface area contributed by atoms with E-state index in [4.69, 9.17) is 15.5 Å². The van der Waals surface area contributed by atoms with Crippen molar-refractivity contribution in [2.24, 2.45) is 0 Å². The maximum atomic E-state index is 10.7. The van der Waals surface area contributed by atoms with Crippen LogP contribution in [0.25, 0.3) is 0 Å². The van der Waals surface area contributed by atoms with Crippen molar-refractivity contribution in [1.82, 2.24) is 0 Å². The summed E-state index contributed by atoms with van der Waals surface area (Å²) in [6.45, 7) is -0.359. The molecule has 0 radical (unpaired) electrons. The number of carbonyl (C=O) groups is 1. The molecule has 0 fully saturated rings. The van der Waals surface area contributed by atoms with Crippen molar-refractivity contribution in [3.8, 4) is 6.07 Å². The van der Waals surface area contributed by atoms with E-state index in [9.17, 15) is 4.79 Å². The van der Waals surface area contributed by atoms with E-state index < -0.39 is 5.97 Å². The van der Waals surface area contributed by atoms with Crippen LogP contribution in [0.4, 0.5) is 0 Å². The van der Waals surface area contributed by atoms with Gasteiger partial charge in [0.2, 0.25) is 0 Å². The maximum absolute atomic E-state index is 10.7. The first-order chi connectivity index (χ1) is 6.60. The number of carboxylic acids is 1. The Balaban J connectivity index is 3.49. The maximum Gasteiger partial charge on any atom is 0.337 e. The van der Waals surface area contributed by atoms with Crippen LogP contribution in [0.3, 0.4) is 0 Å².